The summed E-state index contributed by atoms with van der Waals surface area (Å²) in [5, 5.41) is 19.4. The average Bonchev–Trinajstić information content (AvgIpc) is 2.92. The number of carboxylic acid groups (broad SMARTS) is 1. The van der Waals surface area contributed by atoms with Crippen LogP contribution in [0.15, 0.2) is 17.3 Å². The Kier molecular flexibility index (Phi) is 5.82. The first-order valence-corrected chi connectivity index (χ1v) is 8.58. The third kappa shape index (κ3) is 4.25. The molecule has 1 aliphatic heterocycles. The molecule has 1 aromatic heterocycles. The first-order chi connectivity index (χ1) is 11.3. The predicted octanol–water partition coefficient (Wildman–Crippen LogP) is 2.26. The lowest BCUT2D eigenvalue weighted by molar-refractivity contribution is -0.137. The van der Waals surface area contributed by atoms with Crippen LogP contribution in [0.1, 0.15) is 38.8 Å². The summed E-state index contributed by atoms with van der Waals surface area (Å²) in [4.78, 5) is 30.7. The number of rotatable bonds is 8. The van der Waals surface area contributed by atoms with Crippen LogP contribution in [-0.2, 0) is 9.59 Å². The Balaban J connectivity index is 2.06. The van der Waals surface area contributed by atoms with Crippen LogP contribution in [0, 0.1) is 0 Å². The number of pyridine rings is 1. The normalized spacial score (nSPS) is 19.8. The van der Waals surface area contributed by atoms with Gasteiger partial charge in [0.2, 0.25) is 0 Å². The van der Waals surface area contributed by atoms with E-state index >= 15 is 0 Å². The first-order valence-electron chi connectivity index (χ1n) is 7.60. The van der Waals surface area contributed by atoms with Gasteiger partial charge in [-0.15, -0.1) is 11.8 Å². The number of carboxylic acids is 1. The number of aliphatic carboxylic acids is 1. The second-order valence-corrected chi connectivity index (χ2v) is 6.71. The predicted molar refractivity (Wildman–Crippen MR) is 91.0 cm³/mol. The molecule has 0 fully saturated rings. The third-order valence-electron chi connectivity index (χ3n) is 3.73. The number of hydrogen-bond donors (Lipinski definition) is 2. The third-order valence-corrected chi connectivity index (χ3v) is 4.99. The van der Waals surface area contributed by atoms with E-state index in [1.807, 2.05) is 0 Å². The van der Waals surface area contributed by atoms with Crippen molar-refractivity contribution in [3.05, 3.63) is 18.0 Å². The number of aromatic hydroxyl groups is 1. The van der Waals surface area contributed by atoms with Crippen molar-refractivity contribution in [2.45, 2.75) is 38.6 Å². The summed E-state index contributed by atoms with van der Waals surface area (Å²) in [6.45, 7) is 3.56. The van der Waals surface area contributed by atoms with Gasteiger partial charge in [0, 0.05) is 24.4 Å². The summed E-state index contributed by atoms with van der Waals surface area (Å²) in [7, 11) is 0. The molecule has 0 aliphatic carbocycles. The zero-order valence-corrected chi connectivity index (χ0v) is 14.4. The molecular formula is C16H20N2O5S. The Labute approximate surface area is 144 Å². The Morgan fingerprint density at radius 3 is 2.79 bits per heavy atom. The quantitative estimate of drug-likeness (QED) is 0.691. The molecule has 24 heavy (non-hydrogen) atoms. The molecule has 0 amide bonds. The zero-order chi connectivity index (χ0) is 17.7. The highest BCUT2D eigenvalue weighted by Gasteiger charge is 2.36. The van der Waals surface area contributed by atoms with E-state index in [0.29, 0.717) is 35.9 Å². The lowest BCUT2D eigenvalue weighted by Crippen LogP contribution is -2.31. The van der Waals surface area contributed by atoms with Crippen LogP contribution in [0.4, 0.5) is 0 Å². The smallest absolute Gasteiger partial charge is 0.303 e. The van der Waals surface area contributed by atoms with Gasteiger partial charge in [-0.25, -0.2) is 4.98 Å². The maximum absolute atomic E-state index is 11.7. The van der Waals surface area contributed by atoms with Gasteiger partial charge in [-0.1, -0.05) is 0 Å². The second-order valence-electron chi connectivity index (χ2n) is 5.74. The molecule has 0 saturated heterocycles. The molecule has 2 rings (SSSR count). The summed E-state index contributed by atoms with van der Waals surface area (Å²) < 4.78 is 5.50. The molecule has 7 nitrogen and oxygen atoms in total. The molecule has 0 aromatic carbocycles. The maximum atomic E-state index is 11.7. The zero-order valence-electron chi connectivity index (χ0n) is 13.6. The van der Waals surface area contributed by atoms with Gasteiger partial charge >= 0.3 is 5.97 Å². The topological polar surface area (TPSA) is 109 Å². The number of aromatic nitrogens is 1. The van der Waals surface area contributed by atoms with Crippen molar-refractivity contribution in [3.8, 4) is 11.5 Å². The van der Waals surface area contributed by atoms with Crippen molar-refractivity contribution < 1.29 is 24.5 Å². The maximum Gasteiger partial charge on any atom is 0.303 e. The van der Waals surface area contributed by atoms with E-state index in [2.05, 4.69) is 9.98 Å². The number of nitrogens with zero attached hydrogens (tertiary/aromatic N) is 2. The fourth-order valence-electron chi connectivity index (χ4n) is 2.07. The highest BCUT2D eigenvalue weighted by molar-refractivity contribution is 8.14. The molecule has 0 bridgehead atoms. The number of thioether (sulfide) groups is 1. The van der Waals surface area contributed by atoms with Gasteiger partial charge in [0.25, 0.3) is 0 Å². The fourth-order valence-corrected chi connectivity index (χ4v) is 3.31. The van der Waals surface area contributed by atoms with Gasteiger partial charge in [0.1, 0.15) is 16.3 Å². The molecule has 8 heteroatoms. The van der Waals surface area contributed by atoms with Crippen molar-refractivity contribution in [1.29, 1.82) is 0 Å². The number of Topliss-reactive ketones (excluding diaryl/α,β-unsaturated/α-hetero) is 1. The number of carbonyl (C=O) groups excluding carboxylic acids is 1. The molecule has 1 aliphatic rings. The standard InChI is InChI=1S/C16H20N2O5S/c1-10(19)16(2)9-24-15(18-16)13-14(22)11(6-7-17-13)23-8-4-3-5-12(20)21/h6-7,22H,3-5,8-9H2,1-2H3,(H,20,21)/t16-/m1/s1. The van der Waals surface area contributed by atoms with E-state index in [4.69, 9.17) is 9.84 Å². The number of ether oxygens (including phenoxy) is 1. The number of unbranched alkanes of at least 4 members (excludes halogenated alkanes) is 1. The van der Waals surface area contributed by atoms with Gasteiger partial charge in [0.15, 0.2) is 17.3 Å². The van der Waals surface area contributed by atoms with E-state index in [1.54, 1.807) is 13.0 Å². The van der Waals surface area contributed by atoms with Gasteiger partial charge in [-0.2, -0.15) is 0 Å². The van der Waals surface area contributed by atoms with E-state index in [9.17, 15) is 14.7 Å². The van der Waals surface area contributed by atoms with Crippen molar-refractivity contribution in [2.24, 2.45) is 4.99 Å². The summed E-state index contributed by atoms with van der Waals surface area (Å²) in [6.07, 6.45) is 2.68. The van der Waals surface area contributed by atoms with Crippen LogP contribution in [0.3, 0.4) is 0 Å². The molecule has 0 spiro atoms. The second kappa shape index (κ2) is 7.65. The summed E-state index contributed by atoms with van der Waals surface area (Å²) >= 11 is 1.37. The van der Waals surface area contributed by atoms with E-state index < -0.39 is 11.5 Å². The molecule has 1 aromatic rings. The van der Waals surface area contributed by atoms with Crippen LogP contribution in [0.25, 0.3) is 0 Å². The van der Waals surface area contributed by atoms with Gasteiger partial charge in [0.05, 0.1) is 6.61 Å². The lowest BCUT2D eigenvalue weighted by atomic mass is 10.0. The van der Waals surface area contributed by atoms with Crippen LogP contribution < -0.4 is 4.74 Å². The van der Waals surface area contributed by atoms with E-state index in [1.165, 1.54) is 24.9 Å². The van der Waals surface area contributed by atoms with Crippen molar-refractivity contribution in [3.63, 3.8) is 0 Å². The Morgan fingerprint density at radius 1 is 1.42 bits per heavy atom. The molecule has 0 saturated carbocycles. The SMILES string of the molecule is CC(=O)[C@@]1(C)CSC(c2nccc(OCCCCC(=O)O)c2O)=N1. The molecule has 2 heterocycles. The molecule has 2 N–H and O–H groups in total. The van der Waals surface area contributed by atoms with Crippen molar-refractivity contribution in [2.75, 3.05) is 12.4 Å². The van der Waals surface area contributed by atoms with Crippen LogP contribution in [0.2, 0.25) is 0 Å². The summed E-state index contributed by atoms with van der Waals surface area (Å²) in [5.74, 6) is -0.201. The molecule has 130 valence electrons. The van der Waals surface area contributed by atoms with Gasteiger partial charge < -0.3 is 14.9 Å². The fraction of sp³-hybridized carbons (Fsp3) is 0.500. The first kappa shape index (κ1) is 18.3. The minimum Gasteiger partial charge on any atom is -0.503 e. The largest absolute Gasteiger partial charge is 0.503 e. The van der Waals surface area contributed by atoms with Gasteiger partial charge in [-0.3, -0.25) is 14.6 Å². The number of ketones is 1. The number of hydrogen-bond acceptors (Lipinski definition) is 7. The van der Waals surface area contributed by atoms with E-state index in [-0.39, 0.29) is 23.7 Å². The Bertz CT molecular complexity index is 676. The van der Waals surface area contributed by atoms with E-state index in [0.717, 1.165) is 0 Å². The van der Waals surface area contributed by atoms with Crippen LogP contribution >= 0.6 is 11.8 Å². The highest BCUT2D eigenvalue weighted by atomic mass is 32.2. The number of aliphatic imine (C=N–C) groups is 1. The minimum atomic E-state index is -0.839. The lowest BCUT2D eigenvalue weighted by Gasteiger charge is -2.14. The van der Waals surface area contributed by atoms with Crippen molar-refractivity contribution >= 4 is 28.6 Å². The summed E-state index contributed by atoms with van der Waals surface area (Å²) in [6, 6.07) is 1.54. The average molecular weight is 352 g/mol. The van der Waals surface area contributed by atoms with Crippen LogP contribution in [0.5, 0.6) is 11.5 Å². The summed E-state index contributed by atoms with van der Waals surface area (Å²) in [5.41, 5.74) is -0.491. The van der Waals surface area contributed by atoms with Gasteiger partial charge in [-0.05, 0) is 26.7 Å². The molecule has 1 atom stereocenters. The monoisotopic (exact) mass is 352 g/mol. The Morgan fingerprint density at radius 2 is 2.17 bits per heavy atom. The van der Waals surface area contributed by atoms with Crippen LogP contribution in [-0.4, -0.2) is 49.9 Å². The van der Waals surface area contributed by atoms with Crippen molar-refractivity contribution in [1.82, 2.24) is 4.98 Å². The Hall–Kier alpha value is -2.09. The molecule has 0 radical (unpaired) electrons. The number of carbonyl (C=O) groups is 2. The highest BCUT2D eigenvalue weighted by Crippen LogP contribution is 2.36. The molecular weight excluding hydrogens is 332 g/mol. The molecule has 0 unspecified atom stereocenters. The minimum absolute atomic E-state index is 0.0321.